The molecule has 0 saturated heterocycles. The third-order valence-corrected chi connectivity index (χ3v) is 6.47. The molecule has 1 unspecified atom stereocenters. The van der Waals surface area contributed by atoms with Crippen LogP contribution < -0.4 is 20.1 Å². The monoisotopic (exact) mass is 484 g/mol. The van der Waals surface area contributed by atoms with E-state index in [4.69, 9.17) is 14.6 Å². The molecule has 3 rings (SSSR count). The van der Waals surface area contributed by atoms with Crippen LogP contribution in [0.15, 0.2) is 24.3 Å². The highest BCUT2D eigenvalue weighted by atomic mass is 16.5. The number of hydrogen-bond donors (Lipinski definition) is 2. The minimum absolute atomic E-state index is 0.0168. The van der Waals surface area contributed by atoms with E-state index in [9.17, 15) is 9.59 Å². The van der Waals surface area contributed by atoms with Gasteiger partial charge in [0.25, 0.3) is 5.91 Å². The standard InChI is InChI=1S/C27H40N4O4/c1-16(2)13-20(14-25(32)28-19-11-12-19)29-27(33)21-15-22(31(30-21)18(5)17(3)4)26-23(34-6)9-8-10-24(26)35-7/h8-10,15-20H,11-14H2,1-7H3,(H,28,32)(H,29,33)/t18?,20-/m0/s1. The minimum Gasteiger partial charge on any atom is -0.496 e. The van der Waals surface area contributed by atoms with Crippen LogP contribution in [-0.4, -0.2) is 47.9 Å². The molecule has 0 aliphatic heterocycles. The highest BCUT2D eigenvalue weighted by molar-refractivity contribution is 5.94. The fourth-order valence-electron chi connectivity index (χ4n) is 4.15. The van der Waals surface area contributed by atoms with Crippen LogP contribution in [0.2, 0.25) is 0 Å². The van der Waals surface area contributed by atoms with E-state index in [2.05, 4.69) is 45.3 Å². The Kier molecular flexibility index (Phi) is 8.81. The summed E-state index contributed by atoms with van der Waals surface area (Å²) in [4.78, 5) is 25.8. The molecule has 1 aromatic heterocycles. The van der Waals surface area contributed by atoms with Crippen LogP contribution >= 0.6 is 0 Å². The number of nitrogens with one attached hydrogen (secondary N) is 2. The zero-order chi connectivity index (χ0) is 25.7. The zero-order valence-corrected chi connectivity index (χ0v) is 22.1. The van der Waals surface area contributed by atoms with Crippen LogP contribution in [-0.2, 0) is 4.79 Å². The summed E-state index contributed by atoms with van der Waals surface area (Å²) in [6, 6.07) is 7.44. The van der Waals surface area contributed by atoms with Gasteiger partial charge in [0.15, 0.2) is 5.69 Å². The first kappa shape index (κ1) is 26.6. The van der Waals surface area contributed by atoms with E-state index in [-0.39, 0.29) is 36.2 Å². The first-order chi connectivity index (χ1) is 16.6. The van der Waals surface area contributed by atoms with Crippen molar-refractivity contribution in [1.82, 2.24) is 20.4 Å². The van der Waals surface area contributed by atoms with Crippen molar-refractivity contribution in [3.05, 3.63) is 30.0 Å². The van der Waals surface area contributed by atoms with Gasteiger partial charge < -0.3 is 20.1 Å². The minimum atomic E-state index is -0.292. The lowest BCUT2D eigenvalue weighted by Gasteiger charge is -2.21. The molecule has 1 heterocycles. The van der Waals surface area contributed by atoms with E-state index in [1.54, 1.807) is 20.3 Å². The zero-order valence-electron chi connectivity index (χ0n) is 22.1. The summed E-state index contributed by atoms with van der Waals surface area (Å²) in [7, 11) is 3.23. The van der Waals surface area contributed by atoms with E-state index in [0.29, 0.717) is 35.6 Å². The topological polar surface area (TPSA) is 94.5 Å². The molecular formula is C27H40N4O4. The van der Waals surface area contributed by atoms with Crippen LogP contribution in [0.5, 0.6) is 11.5 Å². The van der Waals surface area contributed by atoms with Gasteiger partial charge in [0.05, 0.1) is 31.5 Å². The van der Waals surface area contributed by atoms with Crippen LogP contribution in [0.1, 0.15) is 76.8 Å². The van der Waals surface area contributed by atoms with Gasteiger partial charge in [-0.05, 0) is 56.2 Å². The molecule has 0 radical (unpaired) electrons. The summed E-state index contributed by atoms with van der Waals surface area (Å²) in [6.45, 7) is 10.5. The first-order valence-electron chi connectivity index (χ1n) is 12.6. The Morgan fingerprint density at radius 1 is 1.09 bits per heavy atom. The third-order valence-electron chi connectivity index (χ3n) is 6.47. The summed E-state index contributed by atoms with van der Waals surface area (Å²) >= 11 is 0. The SMILES string of the molecule is COc1cccc(OC)c1-c1cc(C(=O)N[C@H](CC(=O)NC2CC2)CC(C)C)nn1C(C)C(C)C. The molecule has 0 bridgehead atoms. The number of rotatable bonds is 12. The average Bonchev–Trinajstić information content (AvgIpc) is 3.50. The van der Waals surface area contributed by atoms with Gasteiger partial charge in [0.1, 0.15) is 11.5 Å². The van der Waals surface area contributed by atoms with Gasteiger partial charge in [0, 0.05) is 18.5 Å². The number of hydrogen-bond acceptors (Lipinski definition) is 5. The van der Waals surface area contributed by atoms with E-state index < -0.39 is 0 Å². The number of carbonyl (C=O) groups excluding carboxylic acids is 2. The Morgan fingerprint density at radius 3 is 2.23 bits per heavy atom. The molecule has 1 aliphatic rings. The van der Waals surface area contributed by atoms with Crippen molar-refractivity contribution in [1.29, 1.82) is 0 Å². The first-order valence-corrected chi connectivity index (χ1v) is 12.6. The fraction of sp³-hybridized carbons (Fsp3) is 0.593. The van der Waals surface area contributed by atoms with Crippen molar-refractivity contribution in [3.8, 4) is 22.8 Å². The van der Waals surface area contributed by atoms with Gasteiger partial charge in [-0.3, -0.25) is 14.3 Å². The summed E-state index contributed by atoms with van der Waals surface area (Å²) in [5, 5.41) is 10.8. The Morgan fingerprint density at radius 2 is 1.71 bits per heavy atom. The largest absolute Gasteiger partial charge is 0.496 e. The maximum absolute atomic E-state index is 13.4. The number of benzene rings is 1. The molecule has 35 heavy (non-hydrogen) atoms. The van der Waals surface area contributed by atoms with Gasteiger partial charge >= 0.3 is 0 Å². The second-order valence-corrected chi connectivity index (χ2v) is 10.2. The molecule has 2 atom stereocenters. The molecule has 1 aromatic carbocycles. The van der Waals surface area contributed by atoms with Crippen molar-refractivity contribution < 1.29 is 19.1 Å². The van der Waals surface area contributed by atoms with Crippen LogP contribution in [0.4, 0.5) is 0 Å². The van der Waals surface area contributed by atoms with Crippen LogP contribution in [0.3, 0.4) is 0 Å². The van der Waals surface area contributed by atoms with Crippen LogP contribution in [0, 0.1) is 11.8 Å². The average molecular weight is 485 g/mol. The summed E-state index contributed by atoms with van der Waals surface area (Å²) in [6.07, 6.45) is 3.04. The van der Waals surface area contributed by atoms with Crippen molar-refractivity contribution in [2.75, 3.05) is 14.2 Å². The Balaban J connectivity index is 1.94. The maximum atomic E-state index is 13.4. The van der Waals surface area contributed by atoms with Crippen LogP contribution in [0.25, 0.3) is 11.3 Å². The van der Waals surface area contributed by atoms with Crippen molar-refractivity contribution in [3.63, 3.8) is 0 Å². The predicted octanol–water partition coefficient (Wildman–Crippen LogP) is 4.60. The van der Waals surface area contributed by atoms with Gasteiger partial charge in [0.2, 0.25) is 5.91 Å². The smallest absolute Gasteiger partial charge is 0.272 e. The Hall–Kier alpha value is -3.03. The number of carbonyl (C=O) groups is 2. The Bertz CT molecular complexity index is 1000. The molecule has 2 N–H and O–H groups in total. The summed E-state index contributed by atoms with van der Waals surface area (Å²) in [5.41, 5.74) is 1.80. The van der Waals surface area contributed by atoms with E-state index in [1.807, 2.05) is 22.9 Å². The molecule has 1 saturated carbocycles. The van der Waals surface area contributed by atoms with Gasteiger partial charge in [-0.1, -0.05) is 33.8 Å². The number of nitrogens with zero attached hydrogens (tertiary/aromatic N) is 2. The molecule has 1 fully saturated rings. The number of aromatic nitrogens is 2. The predicted molar refractivity (Wildman–Crippen MR) is 137 cm³/mol. The fourth-order valence-corrected chi connectivity index (χ4v) is 4.15. The second-order valence-electron chi connectivity index (χ2n) is 10.2. The summed E-state index contributed by atoms with van der Waals surface area (Å²) in [5.74, 6) is 1.59. The highest BCUT2D eigenvalue weighted by Gasteiger charge is 2.28. The number of methoxy groups -OCH3 is 2. The molecule has 192 valence electrons. The van der Waals surface area contributed by atoms with Gasteiger partial charge in [-0.15, -0.1) is 0 Å². The Labute approximate surface area is 208 Å². The quantitative estimate of drug-likeness (QED) is 0.459. The maximum Gasteiger partial charge on any atom is 0.272 e. The van der Waals surface area contributed by atoms with Crippen molar-refractivity contribution >= 4 is 11.8 Å². The molecular weight excluding hydrogens is 444 g/mol. The molecule has 0 spiro atoms. The molecule has 1 aliphatic carbocycles. The molecule has 2 amide bonds. The lowest BCUT2D eigenvalue weighted by molar-refractivity contribution is -0.121. The van der Waals surface area contributed by atoms with Crippen molar-refractivity contribution in [2.24, 2.45) is 11.8 Å². The van der Waals surface area contributed by atoms with Gasteiger partial charge in [-0.25, -0.2) is 0 Å². The lowest BCUT2D eigenvalue weighted by Crippen LogP contribution is -2.40. The number of ether oxygens (including phenoxy) is 2. The third kappa shape index (κ3) is 6.77. The second kappa shape index (κ2) is 11.6. The highest BCUT2D eigenvalue weighted by Crippen LogP contribution is 2.40. The lowest BCUT2D eigenvalue weighted by atomic mass is 10.0. The normalized spacial score (nSPS) is 15.1. The van der Waals surface area contributed by atoms with E-state index >= 15 is 0 Å². The number of amides is 2. The summed E-state index contributed by atoms with van der Waals surface area (Å²) < 4.78 is 13.1. The molecule has 8 nitrogen and oxygen atoms in total. The molecule has 2 aromatic rings. The molecule has 8 heteroatoms. The van der Waals surface area contributed by atoms with Crippen molar-refractivity contribution in [2.45, 2.75) is 78.4 Å². The van der Waals surface area contributed by atoms with E-state index in [1.165, 1.54) is 0 Å². The van der Waals surface area contributed by atoms with Gasteiger partial charge in [-0.2, -0.15) is 5.10 Å². The van der Waals surface area contributed by atoms with E-state index in [0.717, 1.165) is 24.1 Å².